The van der Waals surface area contributed by atoms with Gasteiger partial charge in [0.1, 0.15) is 18.4 Å². The van der Waals surface area contributed by atoms with Gasteiger partial charge in [-0.05, 0) is 73.4 Å². The number of allylic oxidation sites excluding steroid dienone is 1. The molecule has 44 heavy (non-hydrogen) atoms. The minimum Gasteiger partial charge on any atom is -0.489 e. The third kappa shape index (κ3) is 6.67. The highest BCUT2D eigenvalue weighted by atomic mass is 35.5. The van der Waals surface area contributed by atoms with Crippen LogP contribution in [0.3, 0.4) is 0 Å². The molecule has 0 bridgehead atoms. The van der Waals surface area contributed by atoms with Gasteiger partial charge in [0.2, 0.25) is 11.1 Å². The molecule has 6 rings (SSSR count). The molecule has 0 saturated heterocycles. The minimum atomic E-state index is -0.510. The van der Waals surface area contributed by atoms with Crippen LogP contribution in [0.2, 0.25) is 5.02 Å². The molecule has 7 nitrogen and oxygen atoms in total. The average Bonchev–Trinajstić information content (AvgIpc) is 3.41. The summed E-state index contributed by atoms with van der Waals surface area (Å²) in [5.74, 6) is 1.72. The number of carbonyl (C=O) groups excluding carboxylic acids is 1. The summed E-state index contributed by atoms with van der Waals surface area (Å²) >= 11 is 7.88. The Morgan fingerprint density at radius 3 is 2.45 bits per heavy atom. The van der Waals surface area contributed by atoms with Crippen LogP contribution in [0.5, 0.6) is 5.75 Å². The number of amides is 1. The maximum Gasteiger partial charge on any atom is 0.255 e. The van der Waals surface area contributed by atoms with E-state index in [2.05, 4.69) is 35.8 Å². The first-order valence-corrected chi connectivity index (χ1v) is 15.7. The van der Waals surface area contributed by atoms with Crippen molar-refractivity contribution in [3.8, 4) is 5.75 Å². The Morgan fingerprint density at radius 1 is 0.955 bits per heavy atom. The molecule has 0 saturated carbocycles. The van der Waals surface area contributed by atoms with Crippen molar-refractivity contribution in [1.82, 2.24) is 14.8 Å². The number of halogens is 1. The van der Waals surface area contributed by atoms with Crippen molar-refractivity contribution in [1.29, 1.82) is 0 Å². The number of aryl methyl sites for hydroxylation is 2. The van der Waals surface area contributed by atoms with E-state index in [1.807, 2.05) is 92.7 Å². The van der Waals surface area contributed by atoms with E-state index in [1.54, 1.807) is 4.68 Å². The molecular formula is C35H32ClN5O2S. The predicted octanol–water partition coefficient (Wildman–Crippen LogP) is 8.35. The molecular weight excluding hydrogens is 590 g/mol. The van der Waals surface area contributed by atoms with Gasteiger partial charge in [0.25, 0.3) is 5.91 Å². The van der Waals surface area contributed by atoms with Gasteiger partial charge in [-0.25, -0.2) is 4.68 Å². The lowest BCUT2D eigenvalue weighted by Gasteiger charge is -2.28. The predicted molar refractivity (Wildman–Crippen MR) is 177 cm³/mol. The topological polar surface area (TPSA) is 81.1 Å². The fraction of sp³-hybridized carbons (Fsp3) is 0.171. The van der Waals surface area contributed by atoms with Crippen LogP contribution in [0.1, 0.15) is 40.8 Å². The van der Waals surface area contributed by atoms with Gasteiger partial charge in [-0.2, -0.15) is 4.98 Å². The Bertz CT molecular complexity index is 1850. The Kier molecular flexibility index (Phi) is 8.72. The van der Waals surface area contributed by atoms with Crippen LogP contribution in [0.4, 0.5) is 11.6 Å². The Balaban J connectivity index is 1.30. The maximum atomic E-state index is 13.9. The van der Waals surface area contributed by atoms with Crippen LogP contribution in [-0.2, 0) is 17.2 Å². The van der Waals surface area contributed by atoms with Crippen molar-refractivity contribution in [3.05, 3.63) is 141 Å². The van der Waals surface area contributed by atoms with Crippen molar-refractivity contribution < 1.29 is 9.53 Å². The maximum absolute atomic E-state index is 13.9. The third-order valence-electron chi connectivity index (χ3n) is 7.35. The largest absolute Gasteiger partial charge is 0.489 e. The highest BCUT2D eigenvalue weighted by molar-refractivity contribution is 7.98. The summed E-state index contributed by atoms with van der Waals surface area (Å²) in [7, 11) is 0. The molecule has 1 atom stereocenters. The van der Waals surface area contributed by atoms with E-state index in [9.17, 15) is 4.79 Å². The Hall–Kier alpha value is -4.53. The lowest BCUT2D eigenvalue weighted by Crippen LogP contribution is -2.31. The SMILES string of the molecule is CC1=C(C(=O)Nc2cccc(C)c2)C(c2ccc(OCc3cccc(C)c3)cc2)n2nc(SCc3ccccc3Cl)nc2N1. The average molecular weight is 622 g/mol. The number of ether oxygens (including phenoxy) is 1. The lowest BCUT2D eigenvalue weighted by molar-refractivity contribution is -0.113. The Labute approximate surface area is 266 Å². The normalized spacial score (nSPS) is 14.1. The van der Waals surface area contributed by atoms with Crippen molar-refractivity contribution in [3.63, 3.8) is 0 Å². The number of hydrogen-bond donors (Lipinski definition) is 2. The van der Waals surface area contributed by atoms with Crippen LogP contribution < -0.4 is 15.4 Å². The van der Waals surface area contributed by atoms with Crippen molar-refractivity contribution in [2.45, 2.75) is 44.3 Å². The van der Waals surface area contributed by atoms with Crippen molar-refractivity contribution in [2.24, 2.45) is 0 Å². The van der Waals surface area contributed by atoms with E-state index in [-0.39, 0.29) is 5.91 Å². The highest BCUT2D eigenvalue weighted by Crippen LogP contribution is 2.38. The van der Waals surface area contributed by atoms with Gasteiger partial charge in [0.15, 0.2) is 0 Å². The number of nitrogens with one attached hydrogen (secondary N) is 2. The third-order valence-corrected chi connectivity index (χ3v) is 8.61. The molecule has 5 aromatic rings. The van der Waals surface area contributed by atoms with Gasteiger partial charge in [-0.3, -0.25) is 4.79 Å². The van der Waals surface area contributed by atoms with E-state index in [1.165, 1.54) is 17.3 Å². The van der Waals surface area contributed by atoms with Crippen LogP contribution in [0.15, 0.2) is 113 Å². The number of anilines is 2. The summed E-state index contributed by atoms with van der Waals surface area (Å²) in [5.41, 5.74) is 7.25. The standard InChI is InChI=1S/C35H32ClN5O2S/c1-22-8-6-10-25(18-22)20-43-29-16-14-26(15-17-29)32-31(33(42)38-28-12-7-9-23(2)19-28)24(3)37-34-39-35(40-41(32)34)44-21-27-11-4-5-13-30(27)36/h4-19,32H,20-21H2,1-3H3,(H,38,42)(H,37,39,40). The van der Waals surface area contributed by atoms with Gasteiger partial charge >= 0.3 is 0 Å². The zero-order valence-corrected chi connectivity index (χ0v) is 26.2. The van der Waals surface area contributed by atoms with Gasteiger partial charge in [-0.1, -0.05) is 95.7 Å². The van der Waals surface area contributed by atoms with Crippen LogP contribution in [0.25, 0.3) is 0 Å². The monoisotopic (exact) mass is 621 g/mol. The van der Waals surface area contributed by atoms with Gasteiger partial charge in [-0.15, -0.1) is 5.10 Å². The molecule has 0 fully saturated rings. The summed E-state index contributed by atoms with van der Waals surface area (Å²) in [6.07, 6.45) is 0. The van der Waals surface area contributed by atoms with Gasteiger partial charge in [0, 0.05) is 22.2 Å². The molecule has 2 heterocycles. The summed E-state index contributed by atoms with van der Waals surface area (Å²) in [6.45, 7) is 6.43. The number of nitrogens with zero attached hydrogens (tertiary/aromatic N) is 3. The zero-order chi connectivity index (χ0) is 30.6. The van der Waals surface area contributed by atoms with Gasteiger partial charge < -0.3 is 15.4 Å². The molecule has 2 N–H and O–H groups in total. The molecule has 1 aliphatic rings. The first-order chi connectivity index (χ1) is 21.3. The number of aromatic nitrogens is 3. The minimum absolute atomic E-state index is 0.211. The highest BCUT2D eigenvalue weighted by Gasteiger charge is 2.34. The lowest BCUT2D eigenvalue weighted by atomic mass is 9.95. The van der Waals surface area contributed by atoms with E-state index < -0.39 is 6.04 Å². The van der Waals surface area contributed by atoms with E-state index in [0.29, 0.717) is 39.8 Å². The molecule has 0 spiro atoms. The molecule has 222 valence electrons. The molecule has 1 aromatic heterocycles. The Morgan fingerprint density at radius 2 is 1.70 bits per heavy atom. The summed E-state index contributed by atoms with van der Waals surface area (Å²) in [4.78, 5) is 18.6. The molecule has 9 heteroatoms. The second kappa shape index (κ2) is 13.0. The fourth-order valence-corrected chi connectivity index (χ4v) is 6.30. The number of benzene rings is 4. The van der Waals surface area contributed by atoms with Crippen LogP contribution >= 0.6 is 23.4 Å². The number of fused-ring (bicyclic) bond motifs is 1. The molecule has 0 aliphatic carbocycles. The molecule has 4 aromatic carbocycles. The number of thioether (sulfide) groups is 1. The van der Waals surface area contributed by atoms with E-state index in [0.717, 1.165) is 33.7 Å². The van der Waals surface area contributed by atoms with Gasteiger partial charge in [0.05, 0.1) is 5.57 Å². The zero-order valence-electron chi connectivity index (χ0n) is 24.7. The smallest absolute Gasteiger partial charge is 0.255 e. The molecule has 0 radical (unpaired) electrons. The number of carbonyl (C=O) groups is 1. The second-order valence-corrected chi connectivity index (χ2v) is 12.1. The van der Waals surface area contributed by atoms with E-state index in [4.69, 9.17) is 26.4 Å². The van der Waals surface area contributed by atoms with E-state index >= 15 is 0 Å². The molecule has 1 aliphatic heterocycles. The number of hydrogen-bond acceptors (Lipinski definition) is 6. The van der Waals surface area contributed by atoms with Crippen LogP contribution in [-0.4, -0.2) is 20.7 Å². The molecule has 1 unspecified atom stereocenters. The van der Waals surface area contributed by atoms with Crippen LogP contribution in [0, 0.1) is 13.8 Å². The summed E-state index contributed by atoms with van der Waals surface area (Å²) in [5, 5.41) is 12.6. The van der Waals surface area contributed by atoms with Crippen molar-refractivity contribution >= 4 is 40.9 Å². The summed E-state index contributed by atoms with van der Waals surface area (Å²) < 4.78 is 7.87. The second-order valence-electron chi connectivity index (χ2n) is 10.8. The first-order valence-electron chi connectivity index (χ1n) is 14.3. The quantitative estimate of drug-likeness (QED) is 0.161. The number of rotatable bonds is 9. The molecule has 1 amide bonds. The fourth-order valence-electron chi connectivity index (χ4n) is 5.19. The first kappa shape index (κ1) is 29.5. The van der Waals surface area contributed by atoms with Crippen molar-refractivity contribution in [2.75, 3.05) is 10.6 Å². The summed E-state index contributed by atoms with van der Waals surface area (Å²) in [6, 6.07) is 31.1.